The van der Waals surface area contributed by atoms with E-state index in [4.69, 9.17) is 10.8 Å². The summed E-state index contributed by atoms with van der Waals surface area (Å²) < 4.78 is 15.0. The summed E-state index contributed by atoms with van der Waals surface area (Å²) in [5.41, 5.74) is 10.8. The monoisotopic (exact) mass is 477 g/mol. The highest BCUT2D eigenvalue weighted by Crippen LogP contribution is 2.32. The van der Waals surface area contributed by atoms with E-state index in [0.29, 0.717) is 24.7 Å². The number of hydrogen-bond acceptors (Lipinski definition) is 5. The van der Waals surface area contributed by atoms with Gasteiger partial charge in [0.05, 0.1) is 11.9 Å². The first kappa shape index (κ1) is 27.7. The molecule has 3 N–H and O–H groups in total. The Morgan fingerprint density at radius 2 is 1.91 bits per heavy atom. The molecule has 1 aliphatic heterocycles. The number of hydrogen-bond donors (Lipinski definition) is 2. The van der Waals surface area contributed by atoms with Gasteiger partial charge in [0.1, 0.15) is 5.82 Å². The van der Waals surface area contributed by atoms with Crippen LogP contribution in [-0.2, 0) is 6.42 Å². The summed E-state index contributed by atoms with van der Waals surface area (Å²) in [5.74, 6) is 0.895. The number of nitrogens with two attached hydrogens (primary N) is 1. The lowest BCUT2D eigenvalue weighted by atomic mass is 10.1. The molecular weight excluding hydrogens is 441 g/mol. The molecular formula is C28H36FN5O. The van der Waals surface area contributed by atoms with Crippen molar-refractivity contribution in [2.45, 2.75) is 26.7 Å². The summed E-state index contributed by atoms with van der Waals surface area (Å²) in [6.45, 7) is 13.5. The number of halogens is 1. The smallest absolute Gasteiger partial charge is 0.153 e. The van der Waals surface area contributed by atoms with E-state index in [1.165, 1.54) is 12.1 Å². The molecule has 0 spiro atoms. The van der Waals surface area contributed by atoms with E-state index < -0.39 is 0 Å². The normalized spacial score (nSPS) is 14.9. The van der Waals surface area contributed by atoms with Crippen molar-refractivity contribution < 1.29 is 9.50 Å². The van der Waals surface area contributed by atoms with E-state index >= 15 is 0 Å². The zero-order valence-electron chi connectivity index (χ0n) is 20.9. The summed E-state index contributed by atoms with van der Waals surface area (Å²) >= 11 is 0. The molecule has 2 heterocycles. The number of aliphatic hydroxyl groups excluding tert-OH is 1. The van der Waals surface area contributed by atoms with Gasteiger partial charge < -0.3 is 15.7 Å². The number of benzene rings is 2. The molecule has 1 saturated heterocycles. The molecule has 1 atom stereocenters. The van der Waals surface area contributed by atoms with Crippen LogP contribution >= 0.6 is 0 Å². The first-order valence-corrected chi connectivity index (χ1v) is 11.8. The zero-order chi connectivity index (χ0) is 25.8. The van der Waals surface area contributed by atoms with Gasteiger partial charge in [0, 0.05) is 37.3 Å². The second-order valence-electron chi connectivity index (χ2n) is 7.72. The molecule has 1 aromatic heterocycles. The number of aliphatic hydroxyl groups is 1. The Kier molecular flexibility index (Phi) is 11.1. The minimum absolute atomic E-state index is 0.234. The zero-order valence-corrected chi connectivity index (χ0v) is 20.9. The third-order valence-corrected chi connectivity index (χ3v) is 5.57. The Morgan fingerprint density at radius 3 is 2.51 bits per heavy atom. The van der Waals surface area contributed by atoms with Crippen molar-refractivity contribution in [2.75, 3.05) is 25.1 Å². The van der Waals surface area contributed by atoms with Crippen LogP contribution in [0.1, 0.15) is 31.7 Å². The van der Waals surface area contributed by atoms with Crippen molar-refractivity contribution in [3.63, 3.8) is 0 Å². The van der Waals surface area contributed by atoms with Crippen LogP contribution in [0.3, 0.4) is 0 Å². The largest absolute Gasteiger partial charge is 0.400 e. The number of rotatable bonds is 7. The van der Waals surface area contributed by atoms with Gasteiger partial charge >= 0.3 is 0 Å². The second-order valence-corrected chi connectivity index (χ2v) is 7.72. The Bertz CT molecular complexity index is 1120. The van der Waals surface area contributed by atoms with Gasteiger partial charge in [0.25, 0.3) is 0 Å². The predicted octanol–water partition coefficient (Wildman–Crippen LogP) is 5.34. The molecule has 6 nitrogen and oxygen atoms in total. The van der Waals surface area contributed by atoms with Crippen LogP contribution in [0.5, 0.6) is 0 Å². The van der Waals surface area contributed by atoms with Crippen LogP contribution < -0.4 is 10.6 Å². The van der Waals surface area contributed by atoms with E-state index in [2.05, 4.69) is 52.5 Å². The van der Waals surface area contributed by atoms with Gasteiger partial charge in [0.2, 0.25) is 0 Å². The molecule has 0 amide bonds. The van der Waals surface area contributed by atoms with Crippen LogP contribution in [-0.4, -0.2) is 41.7 Å². The number of aromatic nitrogens is 2. The molecule has 7 heteroatoms. The molecule has 1 aliphatic rings. The van der Waals surface area contributed by atoms with Crippen molar-refractivity contribution in [3.8, 4) is 11.3 Å². The molecule has 3 aromatic rings. The topological polar surface area (TPSA) is 79.7 Å². The summed E-state index contributed by atoms with van der Waals surface area (Å²) in [7, 11) is 1.00. The first-order valence-electron chi connectivity index (χ1n) is 11.8. The Balaban J connectivity index is 0.00000103. The second kappa shape index (κ2) is 14.0. The highest BCUT2D eigenvalue weighted by Gasteiger charge is 2.25. The van der Waals surface area contributed by atoms with Crippen LogP contribution in [0.4, 0.5) is 10.1 Å². The highest BCUT2D eigenvalue weighted by molar-refractivity contribution is 5.66. The summed E-state index contributed by atoms with van der Waals surface area (Å²) in [5, 5.41) is 11.1. The molecule has 1 unspecified atom stereocenters. The van der Waals surface area contributed by atoms with E-state index in [1.807, 2.05) is 32.1 Å². The number of nitrogens with zero attached hydrogens (tertiary/aromatic N) is 4. The standard InChI is InChI=1S/C25H26FN5.C2H6.CH4O/c1-18-13-20(15-27)17-30(18)23-11-9-21(10-12-23)24-16-29-25(31(24)28-2)8-4-6-19-5-3-7-22(26)14-19;2*1-2/h3-5,7-12,14,16,20H,1-2,6,13,15,17,27H2;1-2H3;2H,1H3/b8-4-;;. The molecule has 2 aromatic carbocycles. The van der Waals surface area contributed by atoms with Gasteiger partial charge in [-0.3, -0.25) is 0 Å². The minimum atomic E-state index is -0.234. The molecule has 0 radical (unpaired) electrons. The number of imidazole rings is 1. The Morgan fingerprint density at radius 1 is 1.20 bits per heavy atom. The lowest BCUT2D eigenvalue weighted by molar-refractivity contribution is 0.399. The van der Waals surface area contributed by atoms with Gasteiger partial charge in [-0.25, -0.2) is 14.1 Å². The highest BCUT2D eigenvalue weighted by atomic mass is 19.1. The fraction of sp³-hybridized carbons (Fsp3) is 0.286. The van der Waals surface area contributed by atoms with Crippen molar-refractivity contribution >= 4 is 18.5 Å². The van der Waals surface area contributed by atoms with Crippen molar-refractivity contribution in [1.82, 2.24) is 9.66 Å². The lowest BCUT2D eigenvalue weighted by Crippen LogP contribution is -2.21. The average molecular weight is 478 g/mol. The Labute approximate surface area is 207 Å². The van der Waals surface area contributed by atoms with Gasteiger partial charge in [-0.15, -0.1) is 0 Å². The van der Waals surface area contributed by atoms with E-state index in [0.717, 1.165) is 48.3 Å². The molecule has 0 bridgehead atoms. The maximum Gasteiger partial charge on any atom is 0.153 e. The van der Waals surface area contributed by atoms with Crippen molar-refractivity contribution in [2.24, 2.45) is 16.8 Å². The summed E-state index contributed by atoms with van der Waals surface area (Å²) in [4.78, 5) is 6.70. The number of anilines is 1. The van der Waals surface area contributed by atoms with Gasteiger partial charge in [-0.05, 0) is 61.2 Å². The van der Waals surface area contributed by atoms with Crippen molar-refractivity contribution in [3.05, 3.63) is 90.3 Å². The van der Waals surface area contributed by atoms with Crippen molar-refractivity contribution in [1.29, 1.82) is 0 Å². The average Bonchev–Trinajstić information content (AvgIpc) is 3.49. The fourth-order valence-corrected chi connectivity index (χ4v) is 3.94. The Hall–Kier alpha value is -3.55. The van der Waals surface area contributed by atoms with Gasteiger partial charge in [-0.1, -0.05) is 50.8 Å². The van der Waals surface area contributed by atoms with Crippen LogP contribution in [0.2, 0.25) is 0 Å². The third kappa shape index (κ3) is 6.97. The molecule has 1 fully saturated rings. The molecule has 0 aliphatic carbocycles. The number of allylic oxidation sites excluding steroid dienone is 2. The van der Waals surface area contributed by atoms with Crippen LogP contribution in [0, 0.1) is 11.7 Å². The minimum Gasteiger partial charge on any atom is -0.400 e. The molecule has 35 heavy (non-hydrogen) atoms. The summed E-state index contributed by atoms with van der Waals surface area (Å²) in [6.07, 6.45) is 7.15. The van der Waals surface area contributed by atoms with Gasteiger partial charge in [0.15, 0.2) is 5.82 Å². The SMILES string of the molecule is C=Nn1c(-c2ccc(N3CC(CN)CC3=C)cc2)cnc1/C=C\Cc1cccc(F)c1.CC.CO. The van der Waals surface area contributed by atoms with E-state index in [1.54, 1.807) is 16.9 Å². The van der Waals surface area contributed by atoms with Gasteiger partial charge in [-0.2, -0.15) is 5.10 Å². The quantitative estimate of drug-likeness (QED) is 0.450. The maximum absolute atomic E-state index is 13.3. The lowest BCUT2D eigenvalue weighted by Gasteiger charge is -2.20. The first-order chi connectivity index (χ1) is 17.1. The maximum atomic E-state index is 13.3. The molecule has 0 saturated carbocycles. The summed E-state index contributed by atoms with van der Waals surface area (Å²) in [6, 6.07) is 14.8. The predicted molar refractivity (Wildman–Crippen MR) is 145 cm³/mol. The molecule has 4 rings (SSSR count). The fourth-order valence-electron chi connectivity index (χ4n) is 3.94. The molecule has 186 valence electrons. The van der Waals surface area contributed by atoms with E-state index in [9.17, 15) is 4.39 Å². The van der Waals surface area contributed by atoms with E-state index in [-0.39, 0.29) is 5.82 Å². The van der Waals surface area contributed by atoms with Crippen LogP contribution in [0.15, 0.2) is 78.2 Å². The third-order valence-electron chi connectivity index (χ3n) is 5.57. The van der Waals surface area contributed by atoms with Crippen LogP contribution in [0.25, 0.3) is 17.3 Å².